The number of hydrogen-bond acceptors (Lipinski definition) is 3. The molecular weight excluding hydrogens is 262 g/mol. The highest BCUT2D eigenvalue weighted by Gasteiger charge is 2.32. The highest BCUT2D eigenvalue weighted by molar-refractivity contribution is 5.40. The smallest absolute Gasteiger partial charge is 0.119 e. The zero-order valence-corrected chi connectivity index (χ0v) is 13.0. The fraction of sp³-hybridized carbons (Fsp3) is 0.667. The Balaban J connectivity index is 1.61. The summed E-state index contributed by atoms with van der Waals surface area (Å²) in [7, 11) is 0. The van der Waals surface area contributed by atoms with Crippen LogP contribution in [0.15, 0.2) is 18.2 Å². The molecule has 0 heterocycles. The van der Waals surface area contributed by atoms with E-state index < -0.39 is 5.60 Å². The summed E-state index contributed by atoms with van der Waals surface area (Å²) in [5.74, 6) is 0.908. The maximum Gasteiger partial charge on any atom is 0.119 e. The second-order valence-electron chi connectivity index (χ2n) is 6.63. The van der Waals surface area contributed by atoms with E-state index in [9.17, 15) is 5.11 Å². The maximum atomic E-state index is 10.4. The van der Waals surface area contributed by atoms with Crippen molar-refractivity contribution in [3.8, 4) is 5.75 Å². The molecule has 21 heavy (non-hydrogen) atoms. The van der Waals surface area contributed by atoms with Crippen LogP contribution in [0.25, 0.3) is 0 Å². The van der Waals surface area contributed by atoms with E-state index in [1.54, 1.807) is 0 Å². The fourth-order valence-corrected chi connectivity index (χ4v) is 3.61. The fourth-order valence-electron chi connectivity index (χ4n) is 3.61. The van der Waals surface area contributed by atoms with Crippen LogP contribution in [-0.2, 0) is 6.42 Å². The van der Waals surface area contributed by atoms with Crippen LogP contribution in [0.3, 0.4) is 0 Å². The molecule has 1 aromatic rings. The van der Waals surface area contributed by atoms with Gasteiger partial charge in [-0.1, -0.05) is 25.8 Å². The van der Waals surface area contributed by atoms with E-state index in [1.165, 1.54) is 24.0 Å². The minimum atomic E-state index is -0.593. The third kappa shape index (κ3) is 3.41. The van der Waals surface area contributed by atoms with Crippen molar-refractivity contribution in [3.63, 3.8) is 0 Å². The van der Waals surface area contributed by atoms with Crippen molar-refractivity contribution >= 4 is 0 Å². The van der Waals surface area contributed by atoms with Crippen LogP contribution in [0, 0.1) is 0 Å². The number of hydrogen-bond donors (Lipinski definition) is 2. The molecule has 2 N–H and O–H groups in total. The van der Waals surface area contributed by atoms with Gasteiger partial charge in [0, 0.05) is 6.04 Å². The van der Waals surface area contributed by atoms with Crippen molar-refractivity contribution < 1.29 is 9.84 Å². The minimum absolute atomic E-state index is 0.434. The molecule has 0 radical (unpaired) electrons. The summed E-state index contributed by atoms with van der Waals surface area (Å²) in [5, 5.41) is 14.0. The second kappa shape index (κ2) is 6.37. The number of benzene rings is 1. The van der Waals surface area contributed by atoms with Crippen LogP contribution in [0.2, 0.25) is 0 Å². The van der Waals surface area contributed by atoms with E-state index in [0.717, 1.165) is 44.4 Å². The van der Waals surface area contributed by atoms with Gasteiger partial charge in [0.1, 0.15) is 12.4 Å². The van der Waals surface area contributed by atoms with Crippen LogP contribution in [0.4, 0.5) is 0 Å². The number of fused-ring (bicyclic) bond motifs is 1. The van der Waals surface area contributed by atoms with Crippen LogP contribution < -0.4 is 10.1 Å². The molecule has 2 aliphatic carbocycles. The second-order valence-corrected chi connectivity index (χ2v) is 6.63. The molecule has 1 saturated carbocycles. The SMILES string of the molecule is CCCNC1CCc2cc(OCC3(O)CCCC3)ccc21. The molecule has 3 rings (SSSR count). The van der Waals surface area contributed by atoms with Crippen molar-refractivity contribution in [2.24, 2.45) is 0 Å². The van der Waals surface area contributed by atoms with E-state index in [1.807, 2.05) is 0 Å². The molecule has 0 aromatic heterocycles. The van der Waals surface area contributed by atoms with E-state index in [-0.39, 0.29) is 0 Å². The first-order valence-corrected chi connectivity index (χ1v) is 8.41. The minimum Gasteiger partial charge on any atom is -0.491 e. The molecule has 1 aromatic carbocycles. The van der Waals surface area contributed by atoms with Crippen molar-refractivity contribution in [2.75, 3.05) is 13.2 Å². The van der Waals surface area contributed by atoms with Gasteiger partial charge < -0.3 is 15.2 Å². The summed E-state index contributed by atoms with van der Waals surface area (Å²) in [6.45, 7) is 3.71. The predicted octanol–water partition coefficient (Wildman–Crippen LogP) is 3.36. The van der Waals surface area contributed by atoms with Gasteiger partial charge in [-0.25, -0.2) is 0 Å². The third-order valence-electron chi connectivity index (χ3n) is 4.87. The number of aliphatic hydroxyl groups is 1. The normalized spacial score (nSPS) is 23.2. The first-order valence-electron chi connectivity index (χ1n) is 8.41. The molecular formula is C18H27NO2. The molecule has 0 saturated heterocycles. The van der Waals surface area contributed by atoms with Gasteiger partial charge in [-0.15, -0.1) is 0 Å². The maximum absolute atomic E-state index is 10.4. The van der Waals surface area contributed by atoms with E-state index in [0.29, 0.717) is 12.6 Å². The molecule has 1 atom stereocenters. The lowest BCUT2D eigenvalue weighted by Crippen LogP contribution is -2.32. The van der Waals surface area contributed by atoms with Gasteiger partial charge >= 0.3 is 0 Å². The Morgan fingerprint density at radius 2 is 2.14 bits per heavy atom. The zero-order valence-electron chi connectivity index (χ0n) is 13.0. The zero-order chi connectivity index (χ0) is 14.7. The van der Waals surface area contributed by atoms with Gasteiger partial charge in [-0.3, -0.25) is 0 Å². The van der Waals surface area contributed by atoms with Crippen molar-refractivity contribution in [1.29, 1.82) is 0 Å². The Labute approximate surface area is 127 Å². The average Bonchev–Trinajstić information content (AvgIpc) is 3.10. The Morgan fingerprint density at radius 3 is 2.90 bits per heavy atom. The summed E-state index contributed by atoms with van der Waals surface area (Å²) in [4.78, 5) is 0. The van der Waals surface area contributed by atoms with E-state index in [4.69, 9.17) is 4.74 Å². The summed E-state index contributed by atoms with van der Waals surface area (Å²) < 4.78 is 5.86. The topological polar surface area (TPSA) is 41.5 Å². The Hall–Kier alpha value is -1.06. The number of ether oxygens (including phenoxy) is 1. The lowest BCUT2D eigenvalue weighted by atomic mass is 10.0. The van der Waals surface area contributed by atoms with Crippen LogP contribution >= 0.6 is 0 Å². The van der Waals surface area contributed by atoms with E-state index >= 15 is 0 Å². The van der Waals surface area contributed by atoms with Crippen molar-refractivity contribution in [3.05, 3.63) is 29.3 Å². The lowest BCUT2D eigenvalue weighted by Gasteiger charge is -2.22. The molecule has 0 aliphatic heterocycles. The number of rotatable bonds is 6. The third-order valence-corrected chi connectivity index (χ3v) is 4.87. The monoisotopic (exact) mass is 289 g/mol. The first-order chi connectivity index (χ1) is 10.2. The molecule has 1 fully saturated rings. The van der Waals surface area contributed by atoms with Crippen LogP contribution in [0.1, 0.15) is 62.6 Å². The molecule has 3 nitrogen and oxygen atoms in total. The van der Waals surface area contributed by atoms with Crippen molar-refractivity contribution in [1.82, 2.24) is 5.32 Å². The van der Waals surface area contributed by atoms with Crippen molar-refractivity contribution in [2.45, 2.75) is 63.5 Å². The standard InChI is InChI=1S/C18H27NO2/c1-2-11-19-17-8-5-14-12-15(6-7-16(14)17)21-13-18(20)9-3-4-10-18/h6-7,12,17,19-20H,2-5,8-11,13H2,1H3. The summed E-state index contributed by atoms with van der Waals surface area (Å²) in [6.07, 6.45) is 7.47. The van der Waals surface area contributed by atoms with Gasteiger partial charge in [0.05, 0.1) is 5.60 Å². The van der Waals surface area contributed by atoms with E-state index in [2.05, 4.69) is 30.4 Å². The largest absolute Gasteiger partial charge is 0.491 e. The number of aryl methyl sites for hydroxylation is 1. The van der Waals surface area contributed by atoms with Gasteiger partial charge in [-0.2, -0.15) is 0 Å². The quantitative estimate of drug-likeness (QED) is 0.844. The van der Waals surface area contributed by atoms with Gasteiger partial charge in [-0.05, 0) is 61.9 Å². The number of nitrogens with one attached hydrogen (secondary N) is 1. The molecule has 0 bridgehead atoms. The Kier molecular flexibility index (Phi) is 4.51. The molecule has 116 valence electrons. The Bertz CT molecular complexity index is 480. The van der Waals surface area contributed by atoms with Gasteiger partial charge in [0.15, 0.2) is 0 Å². The van der Waals surface area contributed by atoms with Gasteiger partial charge in [0.2, 0.25) is 0 Å². The van der Waals surface area contributed by atoms with Crippen LogP contribution in [-0.4, -0.2) is 23.9 Å². The lowest BCUT2D eigenvalue weighted by molar-refractivity contribution is 0.00139. The highest BCUT2D eigenvalue weighted by atomic mass is 16.5. The van der Waals surface area contributed by atoms with Gasteiger partial charge in [0.25, 0.3) is 0 Å². The summed E-state index contributed by atoms with van der Waals surface area (Å²) in [5.41, 5.74) is 2.24. The summed E-state index contributed by atoms with van der Waals surface area (Å²) >= 11 is 0. The Morgan fingerprint density at radius 1 is 1.33 bits per heavy atom. The molecule has 0 amide bonds. The molecule has 0 spiro atoms. The average molecular weight is 289 g/mol. The summed E-state index contributed by atoms with van der Waals surface area (Å²) in [6, 6.07) is 6.93. The first kappa shape index (κ1) is 14.9. The predicted molar refractivity (Wildman–Crippen MR) is 84.7 cm³/mol. The molecule has 2 aliphatic rings. The van der Waals surface area contributed by atoms with Crippen LogP contribution in [0.5, 0.6) is 5.75 Å². The molecule has 1 unspecified atom stereocenters. The molecule has 3 heteroatoms. The highest BCUT2D eigenvalue weighted by Crippen LogP contribution is 2.34.